The number of piperidine rings is 1. The van der Waals surface area contributed by atoms with Crippen LogP contribution < -0.4 is 10.1 Å². The number of methoxy groups -OCH3 is 1. The molecule has 0 atom stereocenters. The van der Waals surface area contributed by atoms with Crippen LogP contribution in [0.2, 0.25) is 0 Å². The summed E-state index contributed by atoms with van der Waals surface area (Å²) in [4.78, 5) is 2.48. The smallest absolute Gasteiger partial charge is 0.123 e. The second-order valence-corrected chi connectivity index (χ2v) is 6.77. The zero-order chi connectivity index (χ0) is 17.5. The number of aliphatic hydroxyl groups is 1. The Morgan fingerprint density at radius 1 is 1.12 bits per heavy atom. The minimum absolute atomic E-state index is 0.330. The molecule has 1 saturated heterocycles. The Bertz CT molecular complexity index is 666. The molecule has 0 amide bonds. The van der Waals surface area contributed by atoms with Gasteiger partial charge in [0, 0.05) is 30.9 Å². The summed E-state index contributed by atoms with van der Waals surface area (Å²) in [7, 11) is 1.71. The minimum Gasteiger partial charge on any atom is -0.496 e. The van der Waals surface area contributed by atoms with E-state index in [9.17, 15) is 5.11 Å². The molecule has 0 aliphatic carbocycles. The average molecular weight is 340 g/mol. The van der Waals surface area contributed by atoms with Crippen LogP contribution in [-0.2, 0) is 13.1 Å². The van der Waals surface area contributed by atoms with Crippen molar-refractivity contribution in [2.45, 2.75) is 25.9 Å². The zero-order valence-electron chi connectivity index (χ0n) is 14.9. The predicted molar refractivity (Wildman–Crippen MR) is 102 cm³/mol. The summed E-state index contributed by atoms with van der Waals surface area (Å²) in [6, 6.07) is 16.7. The highest BCUT2D eigenvalue weighted by molar-refractivity contribution is 5.47. The Hall–Kier alpha value is -2.04. The van der Waals surface area contributed by atoms with E-state index in [0.29, 0.717) is 12.5 Å². The van der Waals surface area contributed by atoms with Crippen LogP contribution in [0.4, 0.5) is 5.69 Å². The molecule has 2 aromatic carbocycles. The van der Waals surface area contributed by atoms with Crippen molar-refractivity contribution in [2.75, 3.05) is 32.1 Å². The van der Waals surface area contributed by atoms with Crippen molar-refractivity contribution in [2.24, 2.45) is 5.92 Å². The van der Waals surface area contributed by atoms with Gasteiger partial charge >= 0.3 is 0 Å². The topological polar surface area (TPSA) is 44.7 Å². The number of likely N-dealkylation sites (tertiary alicyclic amines) is 1. The second-order valence-electron chi connectivity index (χ2n) is 6.77. The molecule has 4 heteroatoms. The summed E-state index contributed by atoms with van der Waals surface area (Å²) in [5, 5.41) is 12.8. The van der Waals surface area contributed by atoms with Gasteiger partial charge < -0.3 is 15.2 Å². The van der Waals surface area contributed by atoms with Gasteiger partial charge in [-0.05, 0) is 55.6 Å². The Labute approximate surface area is 150 Å². The number of benzene rings is 2. The highest BCUT2D eigenvalue weighted by atomic mass is 16.5. The lowest BCUT2D eigenvalue weighted by Gasteiger charge is -2.31. The highest BCUT2D eigenvalue weighted by Crippen LogP contribution is 2.21. The maximum atomic E-state index is 9.26. The van der Waals surface area contributed by atoms with E-state index in [1.807, 2.05) is 18.2 Å². The quantitative estimate of drug-likeness (QED) is 0.810. The number of para-hydroxylation sites is 1. The zero-order valence-corrected chi connectivity index (χ0v) is 14.9. The van der Waals surface area contributed by atoms with E-state index in [1.54, 1.807) is 7.11 Å². The van der Waals surface area contributed by atoms with Gasteiger partial charge in [0.05, 0.1) is 7.11 Å². The molecule has 1 heterocycles. The predicted octanol–water partition coefficient (Wildman–Crippen LogP) is 3.51. The summed E-state index contributed by atoms with van der Waals surface area (Å²) in [6.07, 6.45) is 2.20. The van der Waals surface area contributed by atoms with Crippen molar-refractivity contribution in [3.05, 3.63) is 59.7 Å². The van der Waals surface area contributed by atoms with Crippen molar-refractivity contribution in [3.8, 4) is 5.75 Å². The third kappa shape index (κ3) is 4.97. The van der Waals surface area contributed by atoms with E-state index in [2.05, 4.69) is 40.5 Å². The van der Waals surface area contributed by atoms with Crippen LogP contribution in [0.1, 0.15) is 24.0 Å². The number of hydrogen-bond donors (Lipinski definition) is 2. The van der Waals surface area contributed by atoms with Gasteiger partial charge in [-0.25, -0.2) is 0 Å². The molecule has 3 rings (SSSR count). The monoisotopic (exact) mass is 340 g/mol. The summed E-state index contributed by atoms with van der Waals surface area (Å²) in [6.45, 7) is 4.20. The van der Waals surface area contributed by atoms with Gasteiger partial charge in [0.25, 0.3) is 0 Å². The third-order valence-corrected chi connectivity index (χ3v) is 4.97. The molecule has 25 heavy (non-hydrogen) atoms. The van der Waals surface area contributed by atoms with Crippen LogP contribution in [0.25, 0.3) is 0 Å². The molecule has 134 valence electrons. The van der Waals surface area contributed by atoms with E-state index in [-0.39, 0.29) is 0 Å². The first-order valence-corrected chi connectivity index (χ1v) is 9.06. The summed E-state index contributed by atoms with van der Waals surface area (Å²) < 4.78 is 5.41. The summed E-state index contributed by atoms with van der Waals surface area (Å²) >= 11 is 0. The molecule has 0 aromatic heterocycles. The second kappa shape index (κ2) is 8.88. The SMILES string of the molecule is COc1ccccc1CNc1cccc(CN2CCC(CO)CC2)c1. The fraction of sp³-hybridized carbons (Fsp3) is 0.429. The summed E-state index contributed by atoms with van der Waals surface area (Å²) in [5.74, 6) is 1.41. The molecular formula is C21H28N2O2. The Balaban J connectivity index is 1.56. The first kappa shape index (κ1) is 17.8. The van der Waals surface area contributed by atoms with Crippen LogP contribution in [0.15, 0.2) is 48.5 Å². The van der Waals surface area contributed by atoms with Crippen molar-refractivity contribution in [1.29, 1.82) is 0 Å². The van der Waals surface area contributed by atoms with Gasteiger partial charge in [-0.3, -0.25) is 4.90 Å². The largest absolute Gasteiger partial charge is 0.496 e. The first-order valence-electron chi connectivity index (χ1n) is 9.06. The number of aliphatic hydroxyl groups excluding tert-OH is 1. The van der Waals surface area contributed by atoms with Gasteiger partial charge in [0.15, 0.2) is 0 Å². The van der Waals surface area contributed by atoms with Crippen LogP contribution in [-0.4, -0.2) is 36.8 Å². The molecule has 0 radical (unpaired) electrons. The maximum absolute atomic E-state index is 9.26. The fourth-order valence-corrected chi connectivity index (χ4v) is 3.41. The fourth-order valence-electron chi connectivity index (χ4n) is 3.41. The lowest BCUT2D eigenvalue weighted by molar-refractivity contribution is 0.127. The first-order chi connectivity index (χ1) is 12.3. The molecule has 0 unspecified atom stereocenters. The molecule has 4 nitrogen and oxygen atoms in total. The van der Waals surface area contributed by atoms with Crippen LogP contribution >= 0.6 is 0 Å². The van der Waals surface area contributed by atoms with Gasteiger partial charge in [0.2, 0.25) is 0 Å². The molecule has 1 aliphatic heterocycles. The number of anilines is 1. The molecule has 1 fully saturated rings. The molecule has 2 aromatic rings. The van der Waals surface area contributed by atoms with E-state index in [4.69, 9.17) is 4.74 Å². The number of ether oxygens (including phenoxy) is 1. The molecule has 0 bridgehead atoms. The number of rotatable bonds is 7. The minimum atomic E-state index is 0.330. The molecular weight excluding hydrogens is 312 g/mol. The Morgan fingerprint density at radius 2 is 1.92 bits per heavy atom. The van der Waals surface area contributed by atoms with Crippen molar-refractivity contribution in [3.63, 3.8) is 0 Å². The summed E-state index contributed by atoms with van der Waals surface area (Å²) in [5.41, 5.74) is 3.61. The number of hydrogen-bond acceptors (Lipinski definition) is 4. The van der Waals surface area contributed by atoms with Crippen LogP contribution in [0, 0.1) is 5.92 Å². The lowest BCUT2D eigenvalue weighted by atomic mass is 9.97. The average Bonchev–Trinajstić information content (AvgIpc) is 2.67. The van der Waals surface area contributed by atoms with Crippen LogP contribution in [0.3, 0.4) is 0 Å². The molecule has 1 aliphatic rings. The maximum Gasteiger partial charge on any atom is 0.123 e. The van der Waals surface area contributed by atoms with Crippen LogP contribution in [0.5, 0.6) is 5.75 Å². The molecule has 0 spiro atoms. The van der Waals surface area contributed by atoms with Gasteiger partial charge in [-0.15, -0.1) is 0 Å². The van der Waals surface area contributed by atoms with Crippen molar-refractivity contribution >= 4 is 5.69 Å². The number of nitrogens with zero attached hydrogens (tertiary/aromatic N) is 1. The van der Waals surface area contributed by atoms with Gasteiger partial charge in [-0.2, -0.15) is 0 Å². The van der Waals surface area contributed by atoms with E-state index >= 15 is 0 Å². The van der Waals surface area contributed by atoms with Crippen molar-refractivity contribution in [1.82, 2.24) is 4.90 Å². The lowest BCUT2D eigenvalue weighted by Crippen LogP contribution is -2.34. The van der Waals surface area contributed by atoms with Crippen molar-refractivity contribution < 1.29 is 9.84 Å². The van der Waals surface area contributed by atoms with E-state index in [0.717, 1.165) is 56.0 Å². The molecule has 0 saturated carbocycles. The highest BCUT2D eigenvalue weighted by Gasteiger charge is 2.18. The normalized spacial score (nSPS) is 15.9. The Kier molecular flexibility index (Phi) is 6.31. The van der Waals surface area contributed by atoms with E-state index < -0.39 is 0 Å². The van der Waals surface area contributed by atoms with Gasteiger partial charge in [0.1, 0.15) is 5.75 Å². The number of nitrogens with one attached hydrogen (secondary N) is 1. The van der Waals surface area contributed by atoms with Gasteiger partial charge in [-0.1, -0.05) is 30.3 Å². The standard InChI is InChI=1S/C21H28N2O2/c1-25-21-8-3-2-6-19(21)14-22-20-7-4-5-18(13-20)15-23-11-9-17(16-24)10-12-23/h2-8,13,17,22,24H,9-12,14-16H2,1H3. The van der Waals surface area contributed by atoms with E-state index in [1.165, 1.54) is 5.56 Å². The molecule has 2 N–H and O–H groups in total. The third-order valence-electron chi connectivity index (χ3n) is 4.97. The Morgan fingerprint density at radius 3 is 2.68 bits per heavy atom.